The fraction of sp³-hybridized carbons (Fsp3) is 0.273. The summed E-state index contributed by atoms with van der Waals surface area (Å²) in [4.78, 5) is 56.1. The minimum Gasteiger partial charge on any atom is -0.480 e. The molecule has 1 aliphatic rings. The smallest absolute Gasteiger partial charge is 0.341 e. The van der Waals surface area contributed by atoms with Gasteiger partial charge in [0.1, 0.15) is 11.7 Å². The van der Waals surface area contributed by atoms with Crippen molar-refractivity contribution in [2.45, 2.75) is 24.2 Å². The van der Waals surface area contributed by atoms with Crippen LogP contribution >= 0.6 is 23.2 Å². The molecular weight excluding hydrogens is 541 g/mol. The van der Waals surface area contributed by atoms with Crippen molar-refractivity contribution in [2.75, 3.05) is 12.9 Å². The van der Waals surface area contributed by atoms with Crippen molar-refractivity contribution in [3.8, 4) is 5.75 Å². The van der Waals surface area contributed by atoms with E-state index in [2.05, 4.69) is 0 Å². The van der Waals surface area contributed by atoms with Crippen LogP contribution in [0.25, 0.3) is 0 Å². The zero-order chi connectivity index (χ0) is 27.2. The average molecular weight is 560 g/mol. The Balaban J connectivity index is 0.000000297. The summed E-state index contributed by atoms with van der Waals surface area (Å²) < 4.78 is 27.8. The number of rotatable bonds is 7. The number of sulfone groups is 1. The number of ether oxygens (including phenoxy) is 1. The van der Waals surface area contributed by atoms with Crippen molar-refractivity contribution in [1.29, 1.82) is 0 Å². The second-order valence-corrected chi connectivity index (χ2v) is 10.4. The zero-order valence-corrected chi connectivity index (χ0v) is 20.9. The first-order chi connectivity index (χ1) is 16.7. The lowest BCUT2D eigenvalue weighted by molar-refractivity contribution is -0.385. The SMILES string of the molecule is CS(=O)(=O)c1ccc(C(=O)C2C(=O)CCCC2=O)c([N+](=O)[O-])c1.O=C(O)COc1ccc(Cl)cc1Cl. The van der Waals surface area contributed by atoms with E-state index >= 15 is 0 Å². The van der Waals surface area contributed by atoms with E-state index in [4.69, 9.17) is 33.0 Å². The second kappa shape index (κ2) is 12.1. The van der Waals surface area contributed by atoms with E-state index in [0.717, 1.165) is 24.5 Å². The van der Waals surface area contributed by atoms with Crippen LogP contribution in [0.15, 0.2) is 41.3 Å². The van der Waals surface area contributed by atoms with Gasteiger partial charge < -0.3 is 9.84 Å². The molecule has 0 aliphatic heterocycles. The highest BCUT2D eigenvalue weighted by Gasteiger charge is 2.39. The van der Waals surface area contributed by atoms with E-state index in [0.29, 0.717) is 22.2 Å². The van der Waals surface area contributed by atoms with Crippen LogP contribution in [0.4, 0.5) is 5.69 Å². The minimum absolute atomic E-state index is 0.0668. The molecule has 3 rings (SSSR count). The van der Waals surface area contributed by atoms with Crippen LogP contribution in [0, 0.1) is 16.0 Å². The highest BCUT2D eigenvalue weighted by molar-refractivity contribution is 7.90. The largest absolute Gasteiger partial charge is 0.480 e. The summed E-state index contributed by atoms with van der Waals surface area (Å²) in [6.07, 6.45) is 1.37. The van der Waals surface area contributed by atoms with E-state index in [1.165, 1.54) is 12.1 Å². The Morgan fingerprint density at radius 1 is 1.11 bits per heavy atom. The van der Waals surface area contributed by atoms with Gasteiger partial charge in [0.25, 0.3) is 5.69 Å². The molecule has 192 valence electrons. The number of aliphatic carboxylic acids is 1. The maximum Gasteiger partial charge on any atom is 0.341 e. The molecule has 0 saturated heterocycles. The molecule has 0 bridgehead atoms. The highest BCUT2D eigenvalue weighted by atomic mass is 35.5. The van der Waals surface area contributed by atoms with Crippen molar-refractivity contribution < 1.29 is 42.4 Å². The maximum atomic E-state index is 12.4. The molecule has 1 aliphatic carbocycles. The number of carbonyl (C=O) groups excluding carboxylic acids is 3. The van der Waals surface area contributed by atoms with Gasteiger partial charge in [0.05, 0.1) is 20.4 Å². The number of carboxylic acids is 1. The predicted octanol–water partition coefficient (Wildman–Crippen LogP) is 3.58. The Hall–Kier alpha value is -3.35. The van der Waals surface area contributed by atoms with E-state index in [1.807, 2.05) is 0 Å². The molecule has 11 nitrogen and oxygen atoms in total. The van der Waals surface area contributed by atoms with Gasteiger partial charge in [-0.05, 0) is 36.8 Å². The molecule has 0 spiro atoms. The number of ketones is 3. The summed E-state index contributed by atoms with van der Waals surface area (Å²) >= 11 is 11.3. The number of nitro benzene ring substituents is 1. The lowest BCUT2D eigenvalue weighted by Gasteiger charge is -2.18. The molecule has 1 fully saturated rings. The number of nitrogens with zero attached hydrogens (tertiary/aromatic N) is 1. The van der Waals surface area contributed by atoms with E-state index in [1.54, 1.807) is 6.07 Å². The number of nitro groups is 1. The normalized spacial score (nSPS) is 14.0. The van der Waals surface area contributed by atoms with Gasteiger partial charge in [0.2, 0.25) is 0 Å². The Labute approximate surface area is 215 Å². The molecule has 0 amide bonds. The first-order valence-corrected chi connectivity index (χ1v) is 12.7. The standard InChI is InChI=1S/C14H13NO7S.C8H6Cl2O3/c1-23(21,22)8-5-6-9(10(7-8)15(19)20)14(18)13-11(16)3-2-4-12(13)17;9-5-1-2-7(6(10)3-5)13-4-8(11)12/h5-7,13H,2-4H2,1H3;1-3H,4H2,(H,11,12). The van der Waals surface area contributed by atoms with Crippen molar-refractivity contribution >= 4 is 62.0 Å². The molecule has 0 radical (unpaired) electrons. The van der Waals surface area contributed by atoms with Crippen molar-refractivity contribution in [2.24, 2.45) is 5.92 Å². The second-order valence-electron chi connectivity index (χ2n) is 7.55. The molecule has 14 heteroatoms. The van der Waals surface area contributed by atoms with Crippen LogP contribution in [-0.2, 0) is 24.2 Å². The number of halogens is 2. The van der Waals surface area contributed by atoms with Gasteiger partial charge in [0, 0.05) is 30.2 Å². The van der Waals surface area contributed by atoms with E-state index < -0.39 is 61.9 Å². The first-order valence-electron chi connectivity index (χ1n) is 10.1. The van der Waals surface area contributed by atoms with Gasteiger partial charge in [-0.15, -0.1) is 0 Å². The highest BCUT2D eigenvalue weighted by Crippen LogP contribution is 2.29. The summed E-state index contributed by atoms with van der Waals surface area (Å²) in [5.74, 6) is -4.35. The molecular formula is C22H19Cl2NO10S. The van der Waals surface area contributed by atoms with Gasteiger partial charge in [-0.1, -0.05) is 23.2 Å². The van der Waals surface area contributed by atoms with E-state index in [-0.39, 0.29) is 17.7 Å². The van der Waals surface area contributed by atoms with Crippen LogP contribution < -0.4 is 4.74 Å². The summed E-state index contributed by atoms with van der Waals surface area (Å²) in [5.41, 5.74) is -1.17. The Morgan fingerprint density at radius 3 is 2.22 bits per heavy atom. The molecule has 1 N–H and O–H groups in total. The summed E-state index contributed by atoms with van der Waals surface area (Å²) in [6.45, 7) is -0.415. The van der Waals surface area contributed by atoms with Gasteiger partial charge in [-0.25, -0.2) is 13.2 Å². The molecule has 0 heterocycles. The molecule has 0 aromatic heterocycles. The van der Waals surface area contributed by atoms with E-state index in [9.17, 15) is 37.7 Å². The van der Waals surface area contributed by atoms with Crippen molar-refractivity contribution in [3.63, 3.8) is 0 Å². The third kappa shape index (κ3) is 7.57. The maximum absolute atomic E-state index is 12.4. The third-order valence-corrected chi connectivity index (χ3v) is 6.50. The average Bonchev–Trinajstić information content (AvgIpc) is 2.77. The first kappa shape index (κ1) is 28.9. The molecule has 2 aromatic carbocycles. The third-order valence-electron chi connectivity index (χ3n) is 4.86. The molecule has 0 unspecified atom stereocenters. The van der Waals surface area contributed by atoms with Crippen LogP contribution in [0.3, 0.4) is 0 Å². The zero-order valence-electron chi connectivity index (χ0n) is 18.6. The van der Waals surface area contributed by atoms with Gasteiger partial charge in [-0.3, -0.25) is 24.5 Å². The van der Waals surface area contributed by atoms with Crippen LogP contribution in [0.2, 0.25) is 10.0 Å². The fourth-order valence-corrected chi connectivity index (χ4v) is 4.29. The number of carboxylic acid groups (broad SMARTS) is 1. The Bertz CT molecular complexity index is 1320. The van der Waals surface area contributed by atoms with Gasteiger partial charge in [0.15, 0.2) is 33.8 Å². The van der Waals surface area contributed by atoms with Crippen molar-refractivity contribution in [3.05, 3.63) is 62.1 Å². The summed E-state index contributed by atoms with van der Waals surface area (Å²) in [5, 5.41) is 20.2. The number of hydrogen-bond acceptors (Lipinski definition) is 9. The lowest BCUT2D eigenvalue weighted by Crippen LogP contribution is -2.35. The van der Waals surface area contributed by atoms with Gasteiger partial charge >= 0.3 is 5.97 Å². The van der Waals surface area contributed by atoms with Gasteiger partial charge in [-0.2, -0.15) is 0 Å². The summed E-state index contributed by atoms with van der Waals surface area (Å²) in [7, 11) is -3.70. The van der Waals surface area contributed by atoms with Crippen LogP contribution in [0.1, 0.15) is 29.6 Å². The van der Waals surface area contributed by atoms with Crippen LogP contribution in [-0.4, -0.2) is 54.6 Å². The molecule has 1 saturated carbocycles. The topological polar surface area (TPSA) is 175 Å². The number of Topliss-reactive ketones (excluding diaryl/α,β-unsaturated/α-hetero) is 3. The van der Waals surface area contributed by atoms with Crippen LogP contribution in [0.5, 0.6) is 5.75 Å². The Morgan fingerprint density at radius 2 is 1.72 bits per heavy atom. The summed E-state index contributed by atoms with van der Waals surface area (Å²) in [6, 6.07) is 7.37. The quantitative estimate of drug-likeness (QED) is 0.228. The number of benzene rings is 2. The molecule has 2 aromatic rings. The number of carbonyl (C=O) groups is 4. The Kier molecular flexibility index (Phi) is 9.68. The minimum atomic E-state index is -3.70. The van der Waals surface area contributed by atoms with Crippen molar-refractivity contribution in [1.82, 2.24) is 0 Å². The molecule has 36 heavy (non-hydrogen) atoms. The molecule has 0 atom stereocenters. The predicted molar refractivity (Wildman–Crippen MR) is 127 cm³/mol. The lowest BCUT2D eigenvalue weighted by atomic mass is 9.81. The monoisotopic (exact) mass is 559 g/mol. The fourth-order valence-electron chi connectivity index (χ4n) is 3.19. The number of hydrogen-bond donors (Lipinski definition) is 1.